The summed E-state index contributed by atoms with van der Waals surface area (Å²) in [5, 5.41) is 16.2. The summed E-state index contributed by atoms with van der Waals surface area (Å²) >= 11 is 1.50. The molecule has 0 radical (unpaired) electrons. The van der Waals surface area contributed by atoms with E-state index in [2.05, 4.69) is 16.7 Å². The zero-order valence-electron chi connectivity index (χ0n) is 11.1. The summed E-state index contributed by atoms with van der Waals surface area (Å²) in [7, 11) is 0. The van der Waals surface area contributed by atoms with E-state index in [0.29, 0.717) is 36.9 Å². The van der Waals surface area contributed by atoms with Crippen molar-refractivity contribution in [2.24, 2.45) is 0 Å². The standard InChI is InChI=1S/C13H16N4O2S/c14-7-10-9-1-2-15-8-11(9)20-12(10)16-13(18)17-3-5-19-6-4-17/h15H,1-6,8H2,(H,16,18). The van der Waals surface area contributed by atoms with Gasteiger partial charge in [0.25, 0.3) is 0 Å². The number of nitrogens with zero attached hydrogens (tertiary/aromatic N) is 2. The van der Waals surface area contributed by atoms with Crippen LogP contribution in [0.3, 0.4) is 0 Å². The summed E-state index contributed by atoms with van der Waals surface area (Å²) in [5.74, 6) is 0. The maximum atomic E-state index is 12.2. The van der Waals surface area contributed by atoms with Gasteiger partial charge >= 0.3 is 6.03 Å². The second-order valence-corrected chi connectivity index (χ2v) is 5.88. The first-order valence-electron chi connectivity index (χ1n) is 6.68. The molecule has 2 amide bonds. The van der Waals surface area contributed by atoms with Gasteiger partial charge in [-0.25, -0.2) is 4.79 Å². The molecule has 0 atom stereocenters. The average molecular weight is 292 g/mol. The number of hydrogen-bond donors (Lipinski definition) is 2. The number of nitrogens with one attached hydrogen (secondary N) is 2. The lowest BCUT2D eigenvalue weighted by molar-refractivity contribution is 0.0565. The Hall–Kier alpha value is -1.62. The monoisotopic (exact) mass is 292 g/mol. The van der Waals surface area contributed by atoms with Crippen LogP contribution < -0.4 is 10.6 Å². The Balaban J connectivity index is 1.78. The topological polar surface area (TPSA) is 77.4 Å². The van der Waals surface area contributed by atoms with Crippen molar-refractivity contribution in [3.8, 4) is 6.07 Å². The van der Waals surface area contributed by atoms with Crippen molar-refractivity contribution in [1.29, 1.82) is 5.26 Å². The van der Waals surface area contributed by atoms with Crippen molar-refractivity contribution in [1.82, 2.24) is 10.2 Å². The predicted molar refractivity (Wildman–Crippen MR) is 75.9 cm³/mol. The largest absolute Gasteiger partial charge is 0.378 e. The predicted octanol–water partition coefficient (Wildman–Crippen LogP) is 1.13. The molecular formula is C13H16N4O2S. The van der Waals surface area contributed by atoms with E-state index in [1.807, 2.05) is 0 Å². The fourth-order valence-corrected chi connectivity index (χ4v) is 3.64. The molecular weight excluding hydrogens is 276 g/mol. The van der Waals surface area contributed by atoms with Crippen molar-refractivity contribution in [2.45, 2.75) is 13.0 Å². The number of amides is 2. The third kappa shape index (κ3) is 2.50. The number of carbonyl (C=O) groups excluding carboxylic acids is 1. The number of hydrogen-bond acceptors (Lipinski definition) is 5. The van der Waals surface area contributed by atoms with E-state index in [1.54, 1.807) is 4.90 Å². The Morgan fingerprint density at radius 3 is 3.00 bits per heavy atom. The van der Waals surface area contributed by atoms with Crippen LogP contribution in [0, 0.1) is 11.3 Å². The molecule has 0 bridgehead atoms. The molecule has 1 fully saturated rings. The zero-order valence-corrected chi connectivity index (χ0v) is 11.9. The summed E-state index contributed by atoms with van der Waals surface area (Å²) in [5.41, 5.74) is 1.72. The Labute approximate surface area is 121 Å². The van der Waals surface area contributed by atoms with Gasteiger partial charge < -0.3 is 15.0 Å². The molecule has 1 aromatic heterocycles. The van der Waals surface area contributed by atoms with Crippen LogP contribution in [0.4, 0.5) is 9.80 Å². The Bertz CT molecular complexity index is 557. The third-order valence-corrected chi connectivity index (χ3v) is 4.71. The number of ether oxygens (including phenoxy) is 1. The molecule has 3 heterocycles. The Morgan fingerprint density at radius 1 is 1.45 bits per heavy atom. The summed E-state index contributed by atoms with van der Waals surface area (Å²) in [6.07, 6.45) is 0.849. The molecule has 6 nitrogen and oxygen atoms in total. The van der Waals surface area contributed by atoms with Crippen LogP contribution in [-0.4, -0.2) is 43.8 Å². The average Bonchev–Trinajstić information content (AvgIpc) is 2.85. The highest BCUT2D eigenvalue weighted by Gasteiger charge is 2.23. The lowest BCUT2D eigenvalue weighted by atomic mass is 10.1. The molecule has 0 aromatic carbocycles. The van der Waals surface area contributed by atoms with Gasteiger partial charge in [0.15, 0.2) is 0 Å². The molecule has 2 aliphatic heterocycles. The van der Waals surface area contributed by atoms with Gasteiger partial charge in [0.05, 0.1) is 18.8 Å². The number of thiophene rings is 1. The van der Waals surface area contributed by atoms with Crippen molar-refractivity contribution in [2.75, 3.05) is 38.2 Å². The first-order valence-corrected chi connectivity index (χ1v) is 7.50. The second-order valence-electron chi connectivity index (χ2n) is 4.78. The molecule has 3 rings (SSSR count). The van der Waals surface area contributed by atoms with Crippen molar-refractivity contribution >= 4 is 22.4 Å². The quantitative estimate of drug-likeness (QED) is 0.813. The van der Waals surface area contributed by atoms with Crippen LogP contribution in [0.2, 0.25) is 0 Å². The SMILES string of the molecule is N#Cc1c(NC(=O)N2CCOCC2)sc2c1CCNC2. The molecule has 0 spiro atoms. The van der Waals surface area contributed by atoms with Crippen molar-refractivity contribution in [3.05, 3.63) is 16.0 Å². The molecule has 2 N–H and O–H groups in total. The smallest absolute Gasteiger partial charge is 0.322 e. The molecule has 0 unspecified atom stereocenters. The van der Waals surface area contributed by atoms with Gasteiger partial charge in [-0.15, -0.1) is 11.3 Å². The minimum atomic E-state index is -0.142. The van der Waals surface area contributed by atoms with Gasteiger partial charge in [-0.3, -0.25) is 5.32 Å². The summed E-state index contributed by atoms with van der Waals surface area (Å²) in [4.78, 5) is 15.1. The van der Waals surface area contributed by atoms with Crippen LogP contribution in [-0.2, 0) is 17.7 Å². The highest BCUT2D eigenvalue weighted by Crippen LogP contribution is 2.34. The van der Waals surface area contributed by atoms with E-state index in [-0.39, 0.29) is 6.03 Å². The zero-order chi connectivity index (χ0) is 13.9. The molecule has 7 heteroatoms. The third-order valence-electron chi connectivity index (χ3n) is 3.56. The highest BCUT2D eigenvalue weighted by molar-refractivity contribution is 7.16. The molecule has 2 aliphatic rings. The van der Waals surface area contributed by atoms with Gasteiger partial charge in [0.2, 0.25) is 0 Å². The number of rotatable bonds is 1. The fraction of sp³-hybridized carbons (Fsp3) is 0.538. The molecule has 20 heavy (non-hydrogen) atoms. The van der Waals surface area contributed by atoms with E-state index in [9.17, 15) is 10.1 Å². The number of carbonyl (C=O) groups is 1. The van der Waals surface area contributed by atoms with Gasteiger partial charge in [-0.1, -0.05) is 0 Å². The lowest BCUT2D eigenvalue weighted by Crippen LogP contribution is -2.43. The maximum Gasteiger partial charge on any atom is 0.322 e. The molecule has 0 aliphatic carbocycles. The summed E-state index contributed by atoms with van der Waals surface area (Å²) in [6.45, 7) is 4.00. The summed E-state index contributed by atoms with van der Waals surface area (Å²) in [6, 6.07) is 2.09. The van der Waals surface area contributed by atoms with Crippen LogP contribution in [0.25, 0.3) is 0 Å². The van der Waals surface area contributed by atoms with E-state index >= 15 is 0 Å². The minimum absolute atomic E-state index is 0.142. The van der Waals surface area contributed by atoms with Crippen molar-refractivity contribution in [3.63, 3.8) is 0 Å². The number of anilines is 1. The first-order chi connectivity index (χ1) is 9.79. The molecule has 0 saturated carbocycles. The van der Waals surface area contributed by atoms with Gasteiger partial charge in [0, 0.05) is 24.5 Å². The van der Waals surface area contributed by atoms with E-state index < -0.39 is 0 Å². The maximum absolute atomic E-state index is 12.2. The van der Waals surface area contributed by atoms with Crippen LogP contribution >= 0.6 is 11.3 Å². The lowest BCUT2D eigenvalue weighted by Gasteiger charge is -2.26. The van der Waals surface area contributed by atoms with Crippen LogP contribution in [0.15, 0.2) is 0 Å². The molecule has 1 aromatic rings. The fourth-order valence-electron chi connectivity index (χ4n) is 2.48. The normalized spacial score (nSPS) is 18.2. The number of urea groups is 1. The summed E-state index contributed by atoms with van der Waals surface area (Å²) < 4.78 is 5.23. The van der Waals surface area contributed by atoms with Gasteiger partial charge in [-0.2, -0.15) is 5.26 Å². The highest BCUT2D eigenvalue weighted by atomic mass is 32.1. The minimum Gasteiger partial charge on any atom is -0.378 e. The first kappa shape index (κ1) is 13.4. The second kappa shape index (κ2) is 5.79. The number of morpholine rings is 1. The number of fused-ring (bicyclic) bond motifs is 1. The Kier molecular flexibility index (Phi) is 3.87. The van der Waals surface area contributed by atoms with E-state index in [4.69, 9.17) is 4.74 Å². The number of nitriles is 1. The van der Waals surface area contributed by atoms with Gasteiger partial charge in [0.1, 0.15) is 11.1 Å². The van der Waals surface area contributed by atoms with Crippen LogP contribution in [0.1, 0.15) is 16.0 Å². The van der Waals surface area contributed by atoms with Crippen molar-refractivity contribution < 1.29 is 9.53 Å². The van der Waals surface area contributed by atoms with E-state index in [1.165, 1.54) is 11.3 Å². The van der Waals surface area contributed by atoms with Gasteiger partial charge in [-0.05, 0) is 18.5 Å². The Morgan fingerprint density at radius 2 is 2.25 bits per heavy atom. The molecule has 1 saturated heterocycles. The van der Waals surface area contributed by atoms with Crippen LogP contribution in [0.5, 0.6) is 0 Å². The van der Waals surface area contributed by atoms with E-state index in [0.717, 1.165) is 30.0 Å². The molecule has 106 valence electrons.